The zero-order valence-electron chi connectivity index (χ0n) is 10.0. The van der Waals surface area contributed by atoms with E-state index in [0.29, 0.717) is 24.9 Å². The fraction of sp³-hybridized carbons (Fsp3) is 0.538. The molecule has 0 amide bonds. The highest BCUT2D eigenvalue weighted by atomic mass is 19.1. The lowest BCUT2D eigenvalue weighted by Gasteiger charge is -2.12. The van der Waals surface area contributed by atoms with E-state index < -0.39 is 0 Å². The van der Waals surface area contributed by atoms with Gasteiger partial charge in [0, 0.05) is 24.8 Å². The third kappa shape index (κ3) is 3.68. The molecule has 0 aliphatic heterocycles. The lowest BCUT2D eigenvalue weighted by molar-refractivity contribution is 0.0194. The summed E-state index contributed by atoms with van der Waals surface area (Å²) in [6, 6.07) is 5.58. The standard InChI is InChI=1S/C13H18FNO2/c1-2-16-9-17-13-10(4-3-5-12(13)14)8-15-11-6-7-11/h3-5,11,15H,2,6-9H2,1H3. The van der Waals surface area contributed by atoms with Crippen LogP contribution in [0.25, 0.3) is 0 Å². The molecule has 0 saturated heterocycles. The molecule has 1 aliphatic carbocycles. The Morgan fingerprint density at radius 2 is 2.24 bits per heavy atom. The number of hydrogen-bond donors (Lipinski definition) is 1. The van der Waals surface area contributed by atoms with Gasteiger partial charge in [-0.05, 0) is 25.8 Å². The molecule has 0 unspecified atom stereocenters. The Kier molecular flexibility index (Phi) is 4.34. The van der Waals surface area contributed by atoms with Gasteiger partial charge < -0.3 is 14.8 Å². The smallest absolute Gasteiger partial charge is 0.189 e. The number of ether oxygens (including phenoxy) is 2. The molecular formula is C13H18FNO2. The molecule has 1 aliphatic rings. The van der Waals surface area contributed by atoms with E-state index in [9.17, 15) is 4.39 Å². The van der Waals surface area contributed by atoms with Crippen LogP contribution < -0.4 is 10.1 Å². The van der Waals surface area contributed by atoms with Crippen molar-refractivity contribution >= 4 is 0 Å². The highest BCUT2D eigenvalue weighted by Crippen LogP contribution is 2.25. The molecule has 1 aromatic carbocycles. The minimum Gasteiger partial charge on any atom is -0.464 e. The predicted molar refractivity (Wildman–Crippen MR) is 63.4 cm³/mol. The van der Waals surface area contributed by atoms with Gasteiger partial charge in [0.05, 0.1) is 0 Å². The Morgan fingerprint density at radius 3 is 2.94 bits per heavy atom. The Hall–Kier alpha value is -1.13. The summed E-state index contributed by atoms with van der Waals surface area (Å²) < 4.78 is 24.0. The molecule has 0 spiro atoms. The molecule has 0 atom stereocenters. The van der Waals surface area contributed by atoms with Gasteiger partial charge in [-0.25, -0.2) is 4.39 Å². The zero-order valence-corrected chi connectivity index (χ0v) is 10.0. The maximum Gasteiger partial charge on any atom is 0.189 e. The van der Waals surface area contributed by atoms with Crippen LogP contribution in [0.1, 0.15) is 25.3 Å². The Balaban J connectivity index is 1.98. The molecule has 0 aromatic heterocycles. The van der Waals surface area contributed by atoms with Crippen molar-refractivity contribution in [2.24, 2.45) is 0 Å². The lowest BCUT2D eigenvalue weighted by atomic mass is 10.2. The van der Waals surface area contributed by atoms with Crippen molar-refractivity contribution in [3.8, 4) is 5.75 Å². The van der Waals surface area contributed by atoms with Crippen molar-refractivity contribution in [3.05, 3.63) is 29.6 Å². The van der Waals surface area contributed by atoms with Crippen LogP contribution in [0.15, 0.2) is 18.2 Å². The fourth-order valence-electron chi connectivity index (χ4n) is 1.58. The van der Waals surface area contributed by atoms with Crippen LogP contribution in [0.3, 0.4) is 0 Å². The number of hydrogen-bond acceptors (Lipinski definition) is 3. The van der Waals surface area contributed by atoms with Crippen molar-refractivity contribution in [1.82, 2.24) is 5.32 Å². The first-order valence-electron chi connectivity index (χ1n) is 6.02. The Bertz CT molecular complexity index is 366. The van der Waals surface area contributed by atoms with Gasteiger partial charge in [0.15, 0.2) is 18.4 Å². The third-order valence-corrected chi connectivity index (χ3v) is 2.70. The highest BCUT2D eigenvalue weighted by Gasteiger charge is 2.21. The first-order valence-corrected chi connectivity index (χ1v) is 6.02. The number of para-hydroxylation sites is 1. The summed E-state index contributed by atoms with van der Waals surface area (Å²) in [4.78, 5) is 0. The molecule has 1 N–H and O–H groups in total. The Morgan fingerprint density at radius 1 is 1.41 bits per heavy atom. The lowest BCUT2D eigenvalue weighted by Crippen LogP contribution is -2.17. The maximum absolute atomic E-state index is 13.6. The largest absolute Gasteiger partial charge is 0.464 e. The van der Waals surface area contributed by atoms with Gasteiger partial charge in [-0.2, -0.15) is 0 Å². The molecule has 0 radical (unpaired) electrons. The quantitative estimate of drug-likeness (QED) is 0.585. The number of nitrogens with one attached hydrogen (secondary N) is 1. The van der Waals surface area contributed by atoms with Crippen molar-refractivity contribution in [3.63, 3.8) is 0 Å². The average molecular weight is 239 g/mol. The van der Waals surface area contributed by atoms with Gasteiger partial charge in [-0.15, -0.1) is 0 Å². The first kappa shape index (κ1) is 12.3. The average Bonchev–Trinajstić information content (AvgIpc) is 3.13. The van der Waals surface area contributed by atoms with E-state index in [2.05, 4.69) is 5.32 Å². The SMILES string of the molecule is CCOCOc1c(F)cccc1CNC1CC1. The summed E-state index contributed by atoms with van der Waals surface area (Å²) in [5.41, 5.74) is 0.844. The van der Waals surface area contributed by atoms with E-state index in [-0.39, 0.29) is 12.6 Å². The van der Waals surface area contributed by atoms with Crippen LogP contribution >= 0.6 is 0 Å². The number of halogens is 1. The third-order valence-electron chi connectivity index (χ3n) is 2.70. The second-order valence-corrected chi connectivity index (χ2v) is 4.14. The van der Waals surface area contributed by atoms with Gasteiger partial charge in [0.25, 0.3) is 0 Å². The van der Waals surface area contributed by atoms with Crippen molar-refractivity contribution < 1.29 is 13.9 Å². The van der Waals surface area contributed by atoms with E-state index in [4.69, 9.17) is 9.47 Å². The van der Waals surface area contributed by atoms with Crippen LogP contribution in [0.2, 0.25) is 0 Å². The fourth-order valence-corrected chi connectivity index (χ4v) is 1.58. The maximum atomic E-state index is 13.6. The number of benzene rings is 1. The summed E-state index contributed by atoms with van der Waals surface area (Å²) >= 11 is 0. The topological polar surface area (TPSA) is 30.5 Å². The molecular weight excluding hydrogens is 221 g/mol. The van der Waals surface area contributed by atoms with Crippen molar-refractivity contribution in [2.45, 2.75) is 32.4 Å². The van der Waals surface area contributed by atoms with E-state index in [0.717, 1.165) is 5.56 Å². The molecule has 94 valence electrons. The second kappa shape index (κ2) is 5.98. The summed E-state index contributed by atoms with van der Waals surface area (Å²) in [5.74, 6) is -0.0334. The van der Waals surface area contributed by atoms with Crippen LogP contribution in [-0.4, -0.2) is 19.4 Å². The predicted octanol–water partition coefficient (Wildman–Crippen LogP) is 2.45. The van der Waals surface area contributed by atoms with E-state index >= 15 is 0 Å². The summed E-state index contributed by atoms with van der Waals surface area (Å²) in [7, 11) is 0. The van der Waals surface area contributed by atoms with E-state index in [1.807, 2.05) is 13.0 Å². The van der Waals surface area contributed by atoms with Crippen molar-refractivity contribution in [1.29, 1.82) is 0 Å². The number of rotatable bonds is 7. The molecule has 1 aromatic rings. The molecule has 4 heteroatoms. The molecule has 3 nitrogen and oxygen atoms in total. The van der Waals surface area contributed by atoms with E-state index in [1.54, 1.807) is 6.07 Å². The molecule has 0 heterocycles. The van der Waals surface area contributed by atoms with Gasteiger partial charge in [-0.1, -0.05) is 12.1 Å². The molecule has 2 rings (SSSR count). The summed E-state index contributed by atoms with van der Waals surface area (Å²) in [6.45, 7) is 3.17. The second-order valence-electron chi connectivity index (χ2n) is 4.14. The molecule has 1 fully saturated rings. The van der Waals surface area contributed by atoms with Crippen LogP contribution in [0, 0.1) is 5.82 Å². The van der Waals surface area contributed by atoms with Crippen molar-refractivity contribution in [2.75, 3.05) is 13.4 Å². The molecule has 17 heavy (non-hydrogen) atoms. The summed E-state index contributed by atoms with van der Waals surface area (Å²) in [5, 5.41) is 3.34. The normalized spacial score (nSPS) is 14.9. The summed E-state index contributed by atoms with van der Waals surface area (Å²) in [6.07, 6.45) is 2.43. The van der Waals surface area contributed by atoms with Gasteiger partial charge in [0.1, 0.15) is 0 Å². The van der Waals surface area contributed by atoms with E-state index in [1.165, 1.54) is 18.9 Å². The van der Waals surface area contributed by atoms with Crippen LogP contribution in [0.5, 0.6) is 5.75 Å². The highest BCUT2D eigenvalue weighted by molar-refractivity contribution is 5.34. The van der Waals surface area contributed by atoms with Crippen LogP contribution in [0.4, 0.5) is 4.39 Å². The van der Waals surface area contributed by atoms with Crippen LogP contribution in [-0.2, 0) is 11.3 Å². The molecule has 0 bridgehead atoms. The minimum absolute atomic E-state index is 0.0911. The monoisotopic (exact) mass is 239 g/mol. The van der Waals surface area contributed by atoms with Gasteiger partial charge >= 0.3 is 0 Å². The Labute approximate surface area is 101 Å². The van der Waals surface area contributed by atoms with Gasteiger partial charge in [-0.3, -0.25) is 0 Å². The van der Waals surface area contributed by atoms with Gasteiger partial charge in [0.2, 0.25) is 0 Å². The molecule has 1 saturated carbocycles. The zero-order chi connectivity index (χ0) is 12.1. The first-order chi connectivity index (χ1) is 8.31. The minimum atomic E-state index is -0.334.